The SMILES string of the molecule is CCOP(=O)(OCC)C1(NC(C)c2ccccc2)CCN(C)CC1. The van der Waals surface area contributed by atoms with E-state index in [4.69, 9.17) is 9.05 Å². The van der Waals surface area contributed by atoms with E-state index in [2.05, 4.69) is 36.3 Å². The molecular weight excluding hydrogens is 323 g/mol. The quantitative estimate of drug-likeness (QED) is 0.715. The van der Waals surface area contributed by atoms with Gasteiger partial charge in [0.15, 0.2) is 0 Å². The molecule has 1 atom stereocenters. The molecule has 0 saturated carbocycles. The van der Waals surface area contributed by atoms with Crippen molar-refractivity contribution in [1.29, 1.82) is 0 Å². The highest BCUT2D eigenvalue weighted by Crippen LogP contribution is 2.63. The number of benzene rings is 1. The van der Waals surface area contributed by atoms with Crippen LogP contribution in [0.4, 0.5) is 0 Å². The number of hydrogen-bond acceptors (Lipinski definition) is 5. The van der Waals surface area contributed by atoms with Gasteiger partial charge in [0.25, 0.3) is 0 Å². The number of rotatable bonds is 8. The Morgan fingerprint density at radius 3 is 2.21 bits per heavy atom. The van der Waals surface area contributed by atoms with Crippen LogP contribution in [0, 0.1) is 0 Å². The highest BCUT2D eigenvalue weighted by atomic mass is 31.2. The molecule has 1 aromatic rings. The van der Waals surface area contributed by atoms with E-state index in [1.807, 2.05) is 32.0 Å². The molecular formula is C18H31N2O3P. The molecule has 1 unspecified atom stereocenters. The van der Waals surface area contributed by atoms with Gasteiger partial charge in [0, 0.05) is 19.1 Å². The van der Waals surface area contributed by atoms with Crippen molar-refractivity contribution in [2.24, 2.45) is 0 Å². The van der Waals surface area contributed by atoms with Crippen LogP contribution >= 0.6 is 7.60 Å². The fourth-order valence-electron chi connectivity index (χ4n) is 3.34. The van der Waals surface area contributed by atoms with Gasteiger partial charge in [-0.25, -0.2) is 0 Å². The first-order valence-electron chi connectivity index (χ1n) is 8.87. The second-order valence-electron chi connectivity index (χ2n) is 6.44. The van der Waals surface area contributed by atoms with Crippen LogP contribution in [0.1, 0.15) is 45.2 Å². The lowest BCUT2D eigenvalue weighted by atomic mass is 10.0. The van der Waals surface area contributed by atoms with E-state index in [0.717, 1.165) is 25.9 Å². The molecule has 24 heavy (non-hydrogen) atoms. The number of nitrogens with one attached hydrogen (secondary N) is 1. The molecule has 0 radical (unpaired) electrons. The molecule has 1 N–H and O–H groups in total. The van der Waals surface area contributed by atoms with E-state index >= 15 is 0 Å². The Labute approximate surface area is 146 Å². The maximum Gasteiger partial charge on any atom is 0.350 e. The Kier molecular flexibility index (Phi) is 7.02. The first kappa shape index (κ1) is 19.6. The molecule has 1 aliphatic rings. The van der Waals surface area contributed by atoms with E-state index in [0.29, 0.717) is 13.2 Å². The number of hydrogen-bond donors (Lipinski definition) is 1. The van der Waals surface area contributed by atoms with Crippen LogP contribution in [0.2, 0.25) is 0 Å². The summed E-state index contributed by atoms with van der Waals surface area (Å²) in [4.78, 5) is 2.26. The maximum atomic E-state index is 13.6. The predicted octanol–water partition coefficient (Wildman–Crippen LogP) is 4.03. The van der Waals surface area contributed by atoms with Crippen LogP contribution in [-0.4, -0.2) is 43.5 Å². The van der Waals surface area contributed by atoms with Gasteiger partial charge in [0.2, 0.25) is 0 Å². The van der Waals surface area contributed by atoms with E-state index in [9.17, 15) is 4.57 Å². The van der Waals surface area contributed by atoms with Crippen LogP contribution in [-0.2, 0) is 13.6 Å². The van der Waals surface area contributed by atoms with Crippen molar-refractivity contribution in [3.05, 3.63) is 35.9 Å². The van der Waals surface area contributed by atoms with Crippen molar-refractivity contribution in [3.8, 4) is 0 Å². The summed E-state index contributed by atoms with van der Waals surface area (Å²) in [5.74, 6) is 0. The number of likely N-dealkylation sites (tertiary alicyclic amines) is 1. The van der Waals surface area contributed by atoms with Crippen molar-refractivity contribution in [2.45, 2.75) is 44.9 Å². The van der Waals surface area contributed by atoms with Gasteiger partial charge >= 0.3 is 7.60 Å². The van der Waals surface area contributed by atoms with Crippen LogP contribution in [0.5, 0.6) is 0 Å². The monoisotopic (exact) mass is 354 g/mol. The Balaban J connectivity index is 2.31. The highest BCUT2D eigenvalue weighted by molar-refractivity contribution is 7.55. The normalized spacial score (nSPS) is 20.0. The average molecular weight is 354 g/mol. The first-order valence-corrected chi connectivity index (χ1v) is 10.4. The van der Waals surface area contributed by atoms with Crippen LogP contribution in [0.3, 0.4) is 0 Å². The van der Waals surface area contributed by atoms with Crippen LogP contribution < -0.4 is 5.32 Å². The van der Waals surface area contributed by atoms with Gasteiger partial charge in [-0.2, -0.15) is 0 Å². The summed E-state index contributed by atoms with van der Waals surface area (Å²) in [6.07, 6.45) is 1.50. The lowest BCUT2D eigenvalue weighted by Crippen LogP contribution is -2.53. The van der Waals surface area contributed by atoms with Crippen molar-refractivity contribution >= 4 is 7.60 Å². The highest BCUT2D eigenvalue weighted by Gasteiger charge is 2.52. The number of nitrogens with zero attached hydrogens (tertiary/aromatic N) is 1. The molecule has 1 heterocycles. The Hall–Kier alpha value is -0.710. The minimum atomic E-state index is -3.26. The van der Waals surface area contributed by atoms with Gasteiger partial charge in [-0.15, -0.1) is 0 Å². The molecule has 136 valence electrons. The van der Waals surface area contributed by atoms with Crippen molar-refractivity contribution < 1.29 is 13.6 Å². The zero-order valence-corrected chi connectivity index (χ0v) is 16.2. The predicted molar refractivity (Wildman–Crippen MR) is 98.3 cm³/mol. The lowest BCUT2D eigenvalue weighted by molar-refractivity contribution is 0.135. The van der Waals surface area contributed by atoms with Gasteiger partial charge in [0.1, 0.15) is 5.28 Å². The molecule has 0 amide bonds. The number of piperidine rings is 1. The van der Waals surface area contributed by atoms with Gasteiger partial charge in [-0.1, -0.05) is 30.3 Å². The van der Waals surface area contributed by atoms with Crippen molar-refractivity contribution in [1.82, 2.24) is 10.2 Å². The van der Waals surface area contributed by atoms with Crippen molar-refractivity contribution in [2.75, 3.05) is 33.4 Å². The second kappa shape index (κ2) is 8.59. The van der Waals surface area contributed by atoms with Gasteiger partial charge in [0.05, 0.1) is 13.2 Å². The molecule has 0 aliphatic carbocycles. The second-order valence-corrected chi connectivity index (χ2v) is 8.81. The Morgan fingerprint density at radius 2 is 1.71 bits per heavy atom. The minimum Gasteiger partial charge on any atom is -0.308 e. The minimum absolute atomic E-state index is 0.0730. The molecule has 6 heteroatoms. The fourth-order valence-corrected chi connectivity index (χ4v) is 5.69. The smallest absolute Gasteiger partial charge is 0.308 e. The molecule has 1 fully saturated rings. The fraction of sp³-hybridized carbons (Fsp3) is 0.667. The Bertz CT molecular complexity index is 534. The first-order chi connectivity index (χ1) is 11.5. The zero-order chi connectivity index (χ0) is 17.6. The summed E-state index contributed by atoms with van der Waals surface area (Å²) < 4.78 is 25.1. The zero-order valence-electron chi connectivity index (χ0n) is 15.3. The standard InChI is InChI=1S/C18H31N2O3P/c1-5-22-24(21,23-6-2)18(12-14-20(4)15-13-18)19-16(3)17-10-8-7-9-11-17/h7-11,16,19H,5-6,12-15H2,1-4H3. The van der Waals surface area contributed by atoms with Crippen LogP contribution in [0.25, 0.3) is 0 Å². The summed E-state index contributed by atoms with van der Waals surface area (Å²) in [6, 6.07) is 10.3. The summed E-state index contributed by atoms with van der Waals surface area (Å²) >= 11 is 0. The molecule has 5 nitrogen and oxygen atoms in total. The maximum absolute atomic E-state index is 13.6. The summed E-state index contributed by atoms with van der Waals surface area (Å²) in [5.41, 5.74) is 1.18. The average Bonchev–Trinajstić information content (AvgIpc) is 2.58. The van der Waals surface area contributed by atoms with E-state index in [1.54, 1.807) is 0 Å². The van der Waals surface area contributed by atoms with Gasteiger partial charge in [-0.05, 0) is 46.2 Å². The third-order valence-electron chi connectivity index (χ3n) is 4.72. The Morgan fingerprint density at radius 1 is 1.17 bits per heavy atom. The third-order valence-corrected chi connectivity index (χ3v) is 7.54. The molecule has 2 rings (SSSR count). The lowest BCUT2D eigenvalue weighted by Gasteiger charge is -2.45. The molecule has 1 aliphatic heterocycles. The third kappa shape index (κ3) is 4.27. The van der Waals surface area contributed by atoms with E-state index in [-0.39, 0.29) is 6.04 Å². The summed E-state index contributed by atoms with van der Waals surface area (Å²) in [7, 11) is -1.17. The van der Waals surface area contributed by atoms with Crippen molar-refractivity contribution in [3.63, 3.8) is 0 Å². The molecule has 1 saturated heterocycles. The summed E-state index contributed by atoms with van der Waals surface area (Å²) in [6.45, 7) is 8.37. The van der Waals surface area contributed by atoms with Gasteiger partial charge in [-0.3, -0.25) is 9.88 Å². The largest absolute Gasteiger partial charge is 0.350 e. The summed E-state index contributed by atoms with van der Waals surface area (Å²) in [5, 5.41) is 3.00. The van der Waals surface area contributed by atoms with Crippen LogP contribution in [0.15, 0.2) is 30.3 Å². The topological polar surface area (TPSA) is 50.8 Å². The molecule has 0 spiro atoms. The van der Waals surface area contributed by atoms with E-state index < -0.39 is 12.9 Å². The van der Waals surface area contributed by atoms with Gasteiger partial charge < -0.3 is 13.9 Å². The molecule has 1 aromatic carbocycles. The molecule has 0 aromatic heterocycles. The molecule has 0 bridgehead atoms. The van der Waals surface area contributed by atoms with E-state index in [1.165, 1.54) is 5.56 Å².